The van der Waals surface area contributed by atoms with Crippen molar-refractivity contribution in [2.75, 3.05) is 19.5 Å². The van der Waals surface area contributed by atoms with Crippen LogP contribution in [-0.4, -0.2) is 31.0 Å². The molecule has 0 radical (unpaired) electrons. The number of halogens is 1. The number of rotatable bonds is 6. The molecule has 3 aromatic carbocycles. The van der Waals surface area contributed by atoms with Gasteiger partial charge in [0.1, 0.15) is 11.6 Å². The summed E-state index contributed by atoms with van der Waals surface area (Å²) in [5, 5.41) is 4.87. The van der Waals surface area contributed by atoms with Gasteiger partial charge >= 0.3 is 0 Å². The number of benzene rings is 3. The molecule has 5 heteroatoms. The van der Waals surface area contributed by atoms with E-state index in [0.717, 1.165) is 22.1 Å². The highest BCUT2D eigenvalue weighted by Gasteiger charge is 2.19. The van der Waals surface area contributed by atoms with Gasteiger partial charge in [0.2, 0.25) is 5.91 Å². The second kappa shape index (κ2) is 8.18. The summed E-state index contributed by atoms with van der Waals surface area (Å²) in [7, 11) is 3.53. The van der Waals surface area contributed by atoms with Crippen LogP contribution >= 0.6 is 0 Å². The number of anilines is 1. The van der Waals surface area contributed by atoms with Gasteiger partial charge in [0, 0.05) is 6.54 Å². The molecule has 0 aliphatic carbocycles. The molecule has 0 aliphatic rings. The minimum atomic E-state index is -0.439. The van der Waals surface area contributed by atoms with E-state index in [9.17, 15) is 9.18 Å². The quantitative estimate of drug-likeness (QED) is 0.701. The van der Waals surface area contributed by atoms with E-state index >= 15 is 0 Å². The first-order valence-electron chi connectivity index (χ1n) is 8.80. The van der Waals surface area contributed by atoms with E-state index in [1.54, 1.807) is 25.3 Å². The Balaban J connectivity index is 1.68. The largest absolute Gasteiger partial charge is 0.497 e. The third-order valence-electron chi connectivity index (χ3n) is 4.72. The summed E-state index contributed by atoms with van der Waals surface area (Å²) in [5.41, 5.74) is 1.29. The van der Waals surface area contributed by atoms with Crippen molar-refractivity contribution in [1.29, 1.82) is 0 Å². The van der Waals surface area contributed by atoms with Crippen LogP contribution in [0.15, 0.2) is 60.7 Å². The second-order valence-corrected chi connectivity index (χ2v) is 6.61. The SMILES string of the molecule is COc1ccc2cc(CN(C)C(C)C(=O)Nc3ccccc3F)ccc2c1. The number of hydrogen-bond acceptors (Lipinski definition) is 3. The molecule has 3 aromatic rings. The van der Waals surface area contributed by atoms with Crippen molar-refractivity contribution in [2.24, 2.45) is 0 Å². The molecule has 0 aliphatic heterocycles. The number of amides is 1. The van der Waals surface area contributed by atoms with E-state index in [1.165, 1.54) is 6.07 Å². The van der Waals surface area contributed by atoms with Crippen molar-refractivity contribution in [2.45, 2.75) is 19.5 Å². The number of nitrogens with one attached hydrogen (secondary N) is 1. The van der Waals surface area contributed by atoms with Crippen LogP contribution < -0.4 is 10.1 Å². The fourth-order valence-corrected chi connectivity index (χ4v) is 2.92. The van der Waals surface area contributed by atoms with Crippen molar-refractivity contribution in [3.63, 3.8) is 0 Å². The lowest BCUT2D eigenvalue weighted by Gasteiger charge is -2.24. The Hall–Kier alpha value is -2.92. The van der Waals surface area contributed by atoms with Crippen molar-refractivity contribution in [3.05, 3.63) is 72.0 Å². The molecule has 0 heterocycles. The summed E-state index contributed by atoms with van der Waals surface area (Å²) < 4.78 is 19.0. The highest BCUT2D eigenvalue weighted by Crippen LogP contribution is 2.22. The first-order chi connectivity index (χ1) is 13.0. The second-order valence-electron chi connectivity index (χ2n) is 6.61. The Morgan fingerprint density at radius 2 is 1.81 bits per heavy atom. The first-order valence-corrected chi connectivity index (χ1v) is 8.80. The molecule has 0 saturated carbocycles. The van der Waals surface area contributed by atoms with Crippen LogP contribution in [0.1, 0.15) is 12.5 Å². The molecule has 0 spiro atoms. The van der Waals surface area contributed by atoms with Crippen molar-refractivity contribution in [3.8, 4) is 5.75 Å². The number of carbonyl (C=O) groups is 1. The molecule has 1 amide bonds. The average Bonchev–Trinajstić information content (AvgIpc) is 2.68. The Kier molecular flexibility index (Phi) is 5.72. The number of likely N-dealkylation sites (N-methyl/N-ethyl adjacent to an activating group) is 1. The molecule has 4 nitrogen and oxygen atoms in total. The molecule has 3 rings (SSSR count). The number of nitrogens with zero attached hydrogens (tertiary/aromatic N) is 1. The maximum atomic E-state index is 13.7. The molecule has 0 fully saturated rings. The zero-order valence-corrected chi connectivity index (χ0v) is 15.7. The number of ether oxygens (including phenoxy) is 1. The molecular weight excluding hydrogens is 343 g/mol. The van der Waals surface area contributed by atoms with E-state index in [0.29, 0.717) is 6.54 Å². The number of methoxy groups -OCH3 is 1. The molecule has 1 atom stereocenters. The van der Waals surface area contributed by atoms with Gasteiger partial charge in [-0.2, -0.15) is 0 Å². The molecule has 1 N–H and O–H groups in total. The van der Waals surface area contributed by atoms with Gasteiger partial charge in [-0.1, -0.05) is 30.3 Å². The lowest BCUT2D eigenvalue weighted by molar-refractivity contribution is -0.120. The summed E-state index contributed by atoms with van der Waals surface area (Å²) in [5.74, 6) is 0.143. The molecular formula is C22H23FN2O2. The highest BCUT2D eigenvalue weighted by atomic mass is 19.1. The van der Waals surface area contributed by atoms with E-state index in [4.69, 9.17) is 4.74 Å². The maximum Gasteiger partial charge on any atom is 0.241 e. The lowest BCUT2D eigenvalue weighted by Crippen LogP contribution is -2.39. The monoisotopic (exact) mass is 366 g/mol. The smallest absolute Gasteiger partial charge is 0.241 e. The van der Waals surface area contributed by atoms with E-state index < -0.39 is 11.9 Å². The third-order valence-corrected chi connectivity index (χ3v) is 4.72. The van der Waals surface area contributed by atoms with Gasteiger partial charge in [0.15, 0.2) is 0 Å². The van der Waals surface area contributed by atoms with Crippen molar-refractivity contribution in [1.82, 2.24) is 4.90 Å². The number of hydrogen-bond donors (Lipinski definition) is 1. The summed E-state index contributed by atoms with van der Waals surface area (Å²) in [6, 6.07) is 17.9. The van der Waals surface area contributed by atoms with Gasteiger partial charge in [-0.25, -0.2) is 4.39 Å². The van der Waals surface area contributed by atoms with E-state index in [-0.39, 0.29) is 11.6 Å². The van der Waals surface area contributed by atoms with Crippen molar-refractivity contribution >= 4 is 22.4 Å². The Morgan fingerprint density at radius 1 is 1.11 bits per heavy atom. The van der Waals surface area contributed by atoms with Gasteiger partial charge in [0.05, 0.1) is 18.8 Å². The van der Waals surface area contributed by atoms with Crippen molar-refractivity contribution < 1.29 is 13.9 Å². The van der Waals surface area contributed by atoms with Crippen LogP contribution in [0.4, 0.5) is 10.1 Å². The minimum absolute atomic E-state index is 0.197. The molecule has 0 bridgehead atoms. The van der Waals surface area contributed by atoms with Gasteiger partial charge in [-0.05, 0) is 60.6 Å². The number of carbonyl (C=O) groups excluding carboxylic acids is 1. The lowest BCUT2D eigenvalue weighted by atomic mass is 10.1. The van der Waals surface area contributed by atoms with Gasteiger partial charge in [-0.15, -0.1) is 0 Å². The first kappa shape index (κ1) is 18.9. The fraction of sp³-hybridized carbons (Fsp3) is 0.227. The maximum absolute atomic E-state index is 13.7. The van der Waals surface area contributed by atoms with Crippen LogP contribution in [0.2, 0.25) is 0 Å². The predicted octanol–water partition coefficient (Wildman–Crippen LogP) is 4.45. The Bertz CT molecular complexity index is 958. The molecule has 27 heavy (non-hydrogen) atoms. The van der Waals surface area contributed by atoms with E-state index in [2.05, 4.69) is 11.4 Å². The van der Waals surface area contributed by atoms with Crippen LogP contribution in [-0.2, 0) is 11.3 Å². The van der Waals surface area contributed by atoms with Gasteiger partial charge in [0.25, 0.3) is 0 Å². The van der Waals surface area contributed by atoms with E-state index in [1.807, 2.05) is 49.2 Å². The highest BCUT2D eigenvalue weighted by molar-refractivity contribution is 5.94. The topological polar surface area (TPSA) is 41.6 Å². The standard InChI is InChI=1S/C22H23FN2O2/c1-15(22(26)24-21-7-5-4-6-20(21)23)25(2)14-16-8-9-18-13-19(27-3)11-10-17(18)12-16/h4-13,15H,14H2,1-3H3,(H,24,26). The predicted molar refractivity (Wildman–Crippen MR) is 106 cm³/mol. The molecule has 1 unspecified atom stereocenters. The molecule has 0 aromatic heterocycles. The Labute approximate surface area is 158 Å². The van der Waals surface area contributed by atoms with Crippen LogP contribution in [0, 0.1) is 5.82 Å². The fourth-order valence-electron chi connectivity index (χ4n) is 2.92. The summed E-state index contributed by atoms with van der Waals surface area (Å²) >= 11 is 0. The summed E-state index contributed by atoms with van der Waals surface area (Å²) in [6.07, 6.45) is 0. The average molecular weight is 366 g/mol. The number of fused-ring (bicyclic) bond motifs is 1. The van der Waals surface area contributed by atoms with Gasteiger partial charge < -0.3 is 10.1 Å². The molecule has 0 saturated heterocycles. The summed E-state index contributed by atoms with van der Waals surface area (Å²) in [6.45, 7) is 2.41. The zero-order valence-electron chi connectivity index (χ0n) is 15.7. The minimum Gasteiger partial charge on any atom is -0.497 e. The molecule has 140 valence electrons. The van der Waals surface area contributed by atoms with Gasteiger partial charge in [-0.3, -0.25) is 9.69 Å². The normalized spacial score (nSPS) is 12.2. The zero-order chi connectivity index (χ0) is 19.4. The van der Waals surface area contributed by atoms with Crippen LogP contribution in [0.5, 0.6) is 5.75 Å². The van der Waals surface area contributed by atoms with Crippen LogP contribution in [0.3, 0.4) is 0 Å². The van der Waals surface area contributed by atoms with Crippen LogP contribution in [0.25, 0.3) is 10.8 Å². The Morgan fingerprint density at radius 3 is 2.56 bits per heavy atom. The third kappa shape index (κ3) is 4.44. The summed E-state index contributed by atoms with van der Waals surface area (Å²) in [4.78, 5) is 14.4. The number of para-hydroxylation sites is 1.